The Morgan fingerprint density at radius 3 is 2.75 bits per heavy atom. The maximum Gasteiger partial charge on any atom is 0.123 e. The van der Waals surface area contributed by atoms with E-state index in [2.05, 4.69) is 0 Å². The predicted molar refractivity (Wildman–Crippen MR) is 61.8 cm³/mol. The lowest BCUT2D eigenvalue weighted by Gasteiger charge is -2.11. The molecule has 0 spiro atoms. The molecule has 0 aromatic heterocycles. The van der Waals surface area contributed by atoms with E-state index >= 15 is 0 Å². The topological polar surface area (TPSA) is 29.5 Å². The molecule has 1 aromatic carbocycles. The molecule has 1 heterocycles. The zero-order valence-corrected chi connectivity index (χ0v) is 9.54. The van der Waals surface area contributed by atoms with Crippen LogP contribution in [0.4, 0.5) is 4.39 Å². The second-order valence-electron chi connectivity index (χ2n) is 3.52. The summed E-state index contributed by atoms with van der Waals surface area (Å²) in [6.07, 6.45) is 2.21. The fourth-order valence-electron chi connectivity index (χ4n) is 1.46. The molecule has 2 nitrogen and oxygen atoms in total. The van der Waals surface area contributed by atoms with Crippen molar-refractivity contribution in [1.29, 1.82) is 0 Å². The van der Waals surface area contributed by atoms with Crippen molar-refractivity contribution in [3.63, 3.8) is 0 Å². The average Bonchev–Trinajstić information content (AvgIpc) is 2.81. The molecule has 1 aliphatic heterocycles. The molecule has 4 heteroatoms. The van der Waals surface area contributed by atoms with E-state index < -0.39 is 6.10 Å². The highest BCUT2D eigenvalue weighted by molar-refractivity contribution is 7.99. The van der Waals surface area contributed by atoms with E-state index in [0.29, 0.717) is 18.1 Å². The van der Waals surface area contributed by atoms with Gasteiger partial charge in [0.2, 0.25) is 0 Å². The van der Waals surface area contributed by atoms with Gasteiger partial charge in [0.15, 0.2) is 0 Å². The Labute approximate surface area is 98.1 Å². The van der Waals surface area contributed by atoms with Crippen molar-refractivity contribution >= 4 is 11.8 Å². The van der Waals surface area contributed by atoms with E-state index in [1.54, 1.807) is 12.1 Å². The minimum absolute atomic E-state index is 0.244. The molecule has 1 unspecified atom stereocenters. The molecule has 86 valence electrons. The number of hydrogen-bond acceptors (Lipinski definition) is 3. The first-order valence-electron chi connectivity index (χ1n) is 5.15. The highest BCUT2D eigenvalue weighted by atomic mass is 32.2. The highest BCUT2D eigenvalue weighted by Crippen LogP contribution is 2.23. The average molecular weight is 240 g/mol. The minimum atomic E-state index is -0.572. The summed E-state index contributed by atoms with van der Waals surface area (Å²) in [5.74, 6) is 0.943. The fourth-order valence-corrected chi connectivity index (χ4v) is 2.30. The van der Waals surface area contributed by atoms with Crippen molar-refractivity contribution in [2.75, 3.05) is 12.4 Å². The van der Waals surface area contributed by atoms with Gasteiger partial charge in [0.25, 0.3) is 0 Å². The van der Waals surface area contributed by atoms with Crippen LogP contribution in [0.15, 0.2) is 41.0 Å². The second-order valence-corrected chi connectivity index (χ2v) is 4.62. The fraction of sp³-hybridized carbons (Fsp3) is 0.333. The molecule has 0 radical (unpaired) electrons. The third kappa shape index (κ3) is 3.00. The van der Waals surface area contributed by atoms with E-state index in [-0.39, 0.29) is 5.82 Å². The maximum absolute atomic E-state index is 12.6. The third-order valence-corrected chi connectivity index (χ3v) is 3.37. The van der Waals surface area contributed by atoms with E-state index in [9.17, 15) is 9.50 Å². The van der Waals surface area contributed by atoms with Crippen LogP contribution in [0.5, 0.6) is 0 Å². The van der Waals surface area contributed by atoms with Gasteiger partial charge in [-0.25, -0.2) is 4.39 Å². The summed E-state index contributed by atoms with van der Waals surface area (Å²) in [7, 11) is 0. The molecule has 2 rings (SSSR count). The van der Waals surface area contributed by atoms with Gasteiger partial charge in [-0.15, -0.1) is 11.8 Å². The Kier molecular flexibility index (Phi) is 3.85. The minimum Gasteiger partial charge on any atom is -0.495 e. The summed E-state index contributed by atoms with van der Waals surface area (Å²) in [6.45, 7) is 0.660. The van der Waals surface area contributed by atoms with Gasteiger partial charge in [-0.2, -0.15) is 0 Å². The second kappa shape index (κ2) is 5.37. The van der Waals surface area contributed by atoms with Crippen LogP contribution in [-0.2, 0) is 4.74 Å². The Bertz CT molecular complexity index is 375. The van der Waals surface area contributed by atoms with Crippen molar-refractivity contribution in [2.24, 2.45) is 0 Å². The van der Waals surface area contributed by atoms with Gasteiger partial charge < -0.3 is 9.84 Å². The van der Waals surface area contributed by atoms with Gasteiger partial charge in [-0.05, 0) is 30.3 Å². The number of aliphatic hydroxyl groups excluding tert-OH is 1. The smallest absolute Gasteiger partial charge is 0.123 e. The molecular weight excluding hydrogens is 227 g/mol. The first-order valence-corrected chi connectivity index (χ1v) is 6.13. The number of benzene rings is 1. The van der Waals surface area contributed by atoms with E-state index in [4.69, 9.17) is 4.74 Å². The van der Waals surface area contributed by atoms with Gasteiger partial charge in [-0.3, -0.25) is 0 Å². The van der Waals surface area contributed by atoms with Gasteiger partial charge in [0.1, 0.15) is 17.7 Å². The van der Waals surface area contributed by atoms with Crippen molar-refractivity contribution in [2.45, 2.75) is 17.4 Å². The van der Waals surface area contributed by atoms with Crippen LogP contribution in [0.25, 0.3) is 0 Å². The van der Waals surface area contributed by atoms with Gasteiger partial charge >= 0.3 is 0 Å². The molecule has 1 atom stereocenters. The zero-order chi connectivity index (χ0) is 11.4. The lowest BCUT2D eigenvalue weighted by molar-refractivity contribution is 0.133. The van der Waals surface area contributed by atoms with E-state index in [1.807, 2.05) is 6.08 Å². The SMILES string of the molecule is OC(CSc1ccc(F)cc1)C1=CCCO1. The molecule has 16 heavy (non-hydrogen) atoms. The van der Waals surface area contributed by atoms with Crippen LogP contribution in [0.3, 0.4) is 0 Å². The number of thioether (sulfide) groups is 1. The molecule has 0 aliphatic carbocycles. The quantitative estimate of drug-likeness (QED) is 0.820. The van der Waals surface area contributed by atoms with Gasteiger partial charge in [0.05, 0.1) is 6.61 Å². The van der Waals surface area contributed by atoms with Crippen molar-refractivity contribution in [3.8, 4) is 0 Å². The molecule has 0 amide bonds. The molecule has 0 bridgehead atoms. The summed E-state index contributed by atoms with van der Waals surface area (Å²) in [5.41, 5.74) is 0. The summed E-state index contributed by atoms with van der Waals surface area (Å²) < 4.78 is 17.9. The van der Waals surface area contributed by atoms with Crippen LogP contribution in [-0.4, -0.2) is 23.6 Å². The first-order chi connectivity index (χ1) is 7.75. The van der Waals surface area contributed by atoms with Crippen LogP contribution >= 0.6 is 11.8 Å². The largest absolute Gasteiger partial charge is 0.495 e. The van der Waals surface area contributed by atoms with Crippen LogP contribution in [0, 0.1) is 5.82 Å². The lowest BCUT2D eigenvalue weighted by Crippen LogP contribution is -2.13. The summed E-state index contributed by atoms with van der Waals surface area (Å²) in [5, 5.41) is 9.78. The molecular formula is C12H13FO2S. The Balaban J connectivity index is 1.84. The summed E-state index contributed by atoms with van der Waals surface area (Å²) >= 11 is 1.49. The van der Waals surface area contributed by atoms with Crippen molar-refractivity contribution < 1.29 is 14.2 Å². The summed E-state index contributed by atoms with van der Waals surface area (Å²) in [4.78, 5) is 0.944. The number of aliphatic hydroxyl groups is 1. The highest BCUT2D eigenvalue weighted by Gasteiger charge is 2.15. The number of ether oxygens (including phenoxy) is 1. The number of halogens is 1. The first kappa shape index (κ1) is 11.5. The maximum atomic E-state index is 12.6. The van der Waals surface area contributed by atoms with Crippen molar-refractivity contribution in [3.05, 3.63) is 41.9 Å². The molecule has 0 saturated carbocycles. The third-order valence-electron chi connectivity index (χ3n) is 2.28. The predicted octanol–water partition coefficient (Wildman–Crippen LogP) is 2.58. The summed E-state index contributed by atoms with van der Waals surface area (Å²) in [6, 6.07) is 6.24. The van der Waals surface area contributed by atoms with Crippen molar-refractivity contribution in [1.82, 2.24) is 0 Å². The van der Waals surface area contributed by atoms with Crippen LogP contribution in [0.1, 0.15) is 6.42 Å². The van der Waals surface area contributed by atoms with Crippen LogP contribution in [0.2, 0.25) is 0 Å². The van der Waals surface area contributed by atoms with E-state index in [0.717, 1.165) is 11.3 Å². The normalized spacial score (nSPS) is 16.8. The monoisotopic (exact) mass is 240 g/mol. The zero-order valence-electron chi connectivity index (χ0n) is 8.73. The molecule has 1 N–H and O–H groups in total. The van der Waals surface area contributed by atoms with Gasteiger partial charge in [-0.1, -0.05) is 0 Å². The lowest BCUT2D eigenvalue weighted by atomic mass is 10.3. The van der Waals surface area contributed by atoms with Gasteiger partial charge in [0, 0.05) is 17.1 Å². The molecule has 1 aliphatic rings. The Morgan fingerprint density at radius 1 is 1.38 bits per heavy atom. The van der Waals surface area contributed by atoms with E-state index in [1.165, 1.54) is 23.9 Å². The number of rotatable bonds is 4. The Morgan fingerprint density at radius 2 is 2.12 bits per heavy atom. The Hall–Kier alpha value is -1.00. The number of hydrogen-bond donors (Lipinski definition) is 1. The molecule has 0 saturated heterocycles. The standard InChI is InChI=1S/C12H13FO2S/c13-9-3-5-10(6-4-9)16-8-11(14)12-2-1-7-15-12/h2-6,11,14H,1,7-8H2. The molecule has 0 fully saturated rings. The van der Waals surface area contributed by atoms with Crippen LogP contribution < -0.4 is 0 Å². The molecule has 1 aromatic rings.